The minimum Gasteiger partial charge on any atom is -0.356 e. The van der Waals surface area contributed by atoms with Crippen molar-refractivity contribution in [2.24, 2.45) is 5.92 Å². The third-order valence-electron chi connectivity index (χ3n) is 5.88. The standard InChI is InChI=1S/C30H29N3O2/c1-21(2)20-27(30(34)33-19-17-31)35-29(24-8-4-3-5-9-24)25-15-13-22(14-16-25)26-12-6-10-23-11-7-18-32-28(23)26/h3-16,18,21,27,29H,19-20H2,1-2H3,(H,33,34)/t27-,29?/m0/s1. The first kappa shape index (κ1) is 24.1. The maximum atomic E-state index is 12.8. The minimum absolute atomic E-state index is 0.0411. The van der Waals surface area contributed by atoms with E-state index in [0.717, 1.165) is 33.2 Å². The normalized spacial score (nSPS) is 12.7. The van der Waals surface area contributed by atoms with Crippen molar-refractivity contribution < 1.29 is 9.53 Å². The molecule has 1 aromatic heterocycles. The lowest BCUT2D eigenvalue weighted by atomic mass is 9.96. The van der Waals surface area contributed by atoms with Gasteiger partial charge in [-0.2, -0.15) is 5.26 Å². The molecule has 0 aliphatic rings. The number of aromatic nitrogens is 1. The zero-order valence-corrected chi connectivity index (χ0v) is 20.0. The molecule has 0 aliphatic heterocycles. The van der Waals surface area contributed by atoms with Gasteiger partial charge in [0, 0.05) is 17.1 Å². The van der Waals surface area contributed by atoms with Crippen molar-refractivity contribution in [3.8, 4) is 17.2 Å². The Hall–Kier alpha value is -4.01. The number of nitriles is 1. The molecule has 0 spiro atoms. The van der Waals surface area contributed by atoms with Gasteiger partial charge in [-0.1, -0.05) is 92.7 Å². The molecule has 0 fully saturated rings. The number of pyridine rings is 1. The summed E-state index contributed by atoms with van der Waals surface area (Å²) in [4.78, 5) is 17.4. The van der Waals surface area contributed by atoms with Crippen LogP contribution in [0, 0.1) is 17.2 Å². The molecule has 0 radical (unpaired) electrons. The highest BCUT2D eigenvalue weighted by Gasteiger charge is 2.26. The predicted octanol–water partition coefficient (Wildman–Crippen LogP) is 6.06. The van der Waals surface area contributed by atoms with E-state index in [1.165, 1.54) is 0 Å². The summed E-state index contributed by atoms with van der Waals surface area (Å²) in [6.45, 7) is 4.07. The van der Waals surface area contributed by atoms with Gasteiger partial charge in [0.05, 0.1) is 11.6 Å². The largest absolute Gasteiger partial charge is 0.356 e. The van der Waals surface area contributed by atoms with Crippen LogP contribution < -0.4 is 5.32 Å². The van der Waals surface area contributed by atoms with E-state index < -0.39 is 12.2 Å². The number of rotatable bonds is 9. The van der Waals surface area contributed by atoms with Crippen molar-refractivity contribution in [3.63, 3.8) is 0 Å². The lowest BCUT2D eigenvalue weighted by molar-refractivity contribution is -0.136. The zero-order valence-electron chi connectivity index (χ0n) is 20.0. The number of ether oxygens (including phenoxy) is 1. The molecule has 1 heterocycles. The third-order valence-corrected chi connectivity index (χ3v) is 5.88. The molecular weight excluding hydrogens is 434 g/mol. The molecule has 35 heavy (non-hydrogen) atoms. The second-order valence-electron chi connectivity index (χ2n) is 8.92. The molecule has 176 valence electrons. The van der Waals surface area contributed by atoms with Crippen LogP contribution in [0.3, 0.4) is 0 Å². The number of benzene rings is 3. The molecule has 3 aromatic carbocycles. The highest BCUT2D eigenvalue weighted by molar-refractivity contribution is 5.93. The number of carbonyl (C=O) groups excluding carboxylic acids is 1. The van der Waals surface area contributed by atoms with E-state index in [1.807, 2.05) is 66.9 Å². The van der Waals surface area contributed by atoms with E-state index in [4.69, 9.17) is 10.00 Å². The first-order valence-corrected chi connectivity index (χ1v) is 11.9. The van der Waals surface area contributed by atoms with Crippen molar-refractivity contribution >= 4 is 16.8 Å². The lowest BCUT2D eigenvalue weighted by Crippen LogP contribution is -2.38. The third kappa shape index (κ3) is 5.92. The van der Waals surface area contributed by atoms with Gasteiger partial charge in [-0.25, -0.2) is 0 Å². The Morgan fingerprint density at radius 3 is 2.37 bits per heavy atom. The Morgan fingerprint density at radius 2 is 1.66 bits per heavy atom. The molecule has 1 amide bonds. The quantitative estimate of drug-likeness (QED) is 0.306. The summed E-state index contributed by atoms with van der Waals surface area (Å²) in [7, 11) is 0. The summed E-state index contributed by atoms with van der Waals surface area (Å²) >= 11 is 0. The van der Waals surface area contributed by atoms with Crippen molar-refractivity contribution in [2.45, 2.75) is 32.5 Å². The van der Waals surface area contributed by atoms with Crippen molar-refractivity contribution in [3.05, 3.63) is 102 Å². The highest BCUT2D eigenvalue weighted by Crippen LogP contribution is 2.32. The number of fused-ring (bicyclic) bond motifs is 1. The zero-order chi connectivity index (χ0) is 24.6. The van der Waals surface area contributed by atoms with Gasteiger partial charge >= 0.3 is 0 Å². The van der Waals surface area contributed by atoms with Crippen LogP contribution in [0.1, 0.15) is 37.5 Å². The van der Waals surface area contributed by atoms with E-state index in [-0.39, 0.29) is 18.4 Å². The number of nitrogens with zero attached hydrogens (tertiary/aromatic N) is 2. The van der Waals surface area contributed by atoms with Crippen LogP contribution in [0.5, 0.6) is 0 Å². The van der Waals surface area contributed by atoms with Gasteiger partial charge in [-0.3, -0.25) is 9.78 Å². The average molecular weight is 464 g/mol. The minimum atomic E-state index is -0.671. The molecule has 1 N–H and O–H groups in total. The molecule has 5 nitrogen and oxygen atoms in total. The average Bonchev–Trinajstić information content (AvgIpc) is 2.89. The SMILES string of the molecule is CC(C)C[C@H](OC(c1ccccc1)c1ccc(-c2cccc3cccnc23)cc1)C(=O)NCC#N. The second-order valence-corrected chi connectivity index (χ2v) is 8.92. The summed E-state index contributed by atoms with van der Waals surface area (Å²) in [6.07, 6.45) is 1.27. The van der Waals surface area contributed by atoms with Crippen LogP contribution in [0.2, 0.25) is 0 Å². The number of nitrogens with one attached hydrogen (secondary N) is 1. The van der Waals surface area contributed by atoms with E-state index in [0.29, 0.717) is 6.42 Å². The van der Waals surface area contributed by atoms with Gasteiger partial charge < -0.3 is 10.1 Å². The Morgan fingerprint density at radius 1 is 0.943 bits per heavy atom. The van der Waals surface area contributed by atoms with Crippen LogP contribution >= 0.6 is 0 Å². The fraction of sp³-hybridized carbons (Fsp3) is 0.233. The number of amides is 1. The van der Waals surface area contributed by atoms with Gasteiger partial charge in [0.15, 0.2) is 0 Å². The molecule has 2 atom stereocenters. The molecule has 0 saturated heterocycles. The molecular formula is C30H29N3O2. The van der Waals surface area contributed by atoms with Crippen LogP contribution in [-0.4, -0.2) is 23.5 Å². The van der Waals surface area contributed by atoms with Crippen LogP contribution in [0.25, 0.3) is 22.0 Å². The van der Waals surface area contributed by atoms with Crippen LogP contribution in [0.15, 0.2) is 91.1 Å². The topological polar surface area (TPSA) is 75.0 Å². The number of hydrogen-bond acceptors (Lipinski definition) is 4. The fourth-order valence-electron chi connectivity index (χ4n) is 4.21. The smallest absolute Gasteiger partial charge is 0.250 e. The van der Waals surface area contributed by atoms with Crippen molar-refractivity contribution in [1.29, 1.82) is 5.26 Å². The van der Waals surface area contributed by atoms with Gasteiger partial charge in [0.25, 0.3) is 0 Å². The molecule has 4 rings (SSSR count). The van der Waals surface area contributed by atoms with Crippen LogP contribution in [-0.2, 0) is 9.53 Å². The number of hydrogen-bond donors (Lipinski definition) is 1. The maximum absolute atomic E-state index is 12.8. The van der Waals surface area contributed by atoms with E-state index in [9.17, 15) is 4.79 Å². The van der Waals surface area contributed by atoms with Gasteiger partial charge in [0.1, 0.15) is 18.8 Å². The molecule has 0 saturated carbocycles. The highest BCUT2D eigenvalue weighted by atomic mass is 16.5. The molecule has 0 aliphatic carbocycles. The fourth-order valence-corrected chi connectivity index (χ4v) is 4.21. The predicted molar refractivity (Wildman–Crippen MR) is 138 cm³/mol. The molecule has 4 aromatic rings. The molecule has 1 unspecified atom stereocenters. The summed E-state index contributed by atoms with van der Waals surface area (Å²) in [5, 5.41) is 12.7. The molecule has 5 heteroatoms. The first-order chi connectivity index (χ1) is 17.1. The van der Waals surface area contributed by atoms with Gasteiger partial charge in [-0.15, -0.1) is 0 Å². The summed E-state index contributed by atoms with van der Waals surface area (Å²) in [5.74, 6) is -0.00914. The lowest BCUT2D eigenvalue weighted by Gasteiger charge is -2.26. The maximum Gasteiger partial charge on any atom is 0.250 e. The van der Waals surface area contributed by atoms with E-state index in [1.54, 1.807) is 0 Å². The summed E-state index contributed by atoms with van der Waals surface area (Å²) < 4.78 is 6.47. The van der Waals surface area contributed by atoms with Crippen molar-refractivity contribution in [2.75, 3.05) is 6.54 Å². The van der Waals surface area contributed by atoms with Gasteiger partial charge in [0.2, 0.25) is 5.91 Å². The van der Waals surface area contributed by atoms with Crippen molar-refractivity contribution in [1.82, 2.24) is 10.3 Å². The Labute approximate surface area is 206 Å². The monoisotopic (exact) mass is 463 g/mol. The van der Waals surface area contributed by atoms with Gasteiger partial charge in [-0.05, 0) is 35.1 Å². The molecule has 0 bridgehead atoms. The Balaban J connectivity index is 1.68. The summed E-state index contributed by atoms with van der Waals surface area (Å²) in [5.41, 5.74) is 5.02. The van der Waals surface area contributed by atoms with E-state index >= 15 is 0 Å². The first-order valence-electron chi connectivity index (χ1n) is 11.9. The Bertz CT molecular complexity index is 1310. The van der Waals surface area contributed by atoms with E-state index in [2.05, 4.69) is 54.5 Å². The van der Waals surface area contributed by atoms with Crippen LogP contribution in [0.4, 0.5) is 0 Å². The number of para-hydroxylation sites is 1. The number of carbonyl (C=O) groups is 1. The second kappa shape index (κ2) is 11.4. The summed E-state index contributed by atoms with van der Waals surface area (Å²) in [6, 6.07) is 30.3. The Kier molecular flexibility index (Phi) is 7.87.